The molecule has 17 heteroatoms. The monoisotopic (exact) mass is 976 g/mol. The Bertz CT molecular complexity index is 2840. The number of nitrogens with one attached hydrogen (secondary N) is 3. The Morgan fingerprint density at radius 3 is 1.65 bits per heavy atom. The number of nitriles is 1. The van der Waals surface area contributed by atoms with E-state index in [0.29, 0.717) is 61.4 Å². The summed E-state index contributed by atoms with van der Waals surface area (Å²) in [5.74, 6) is 0.308. The smallest absolute Gasteiger partial charge is 0.326 e. The normalized spacial score (nSPS) is 12.2. The van der Waals surface area contributed by atoms with Crippen molar-refractivity contribution in [1.82, 2.24) is 20.6 Å². The minimum atomic E-state index is -1.62. The number of hydrogen-bond donors (Lipinski definition) is 7. The van der Waals surface area contributed by atoms with Gasteiger partial charge >= 0.3 is 5.97 Å². The van der Waals surface area contributed by atoms with Gasteiger partial charge in [-0.2, -0.15) is 5.26 Å². The second kappa shape index (κ2) is 23.6. The van der Waals surface area contributed by atoms with Crippen LogP contribution < -0.4 is 29.6 Å². The standard InChI is InChI=1S/C52H54Cl2N6O9/c1-32-38(27-68-48-15-46(66-25-36-11-34(17-55)19-57-21-36)40(13-44(48)53)23-59-51(3,29-61)30-62)7-5-9-42(32)43-10-6-8-39(33(43)2)28-69-49-16-47(67-26-37-12-35(18-56)20-58-22-37)41(14-45(49)54)24-60-52(4,31-63)50(64)65/h5-16,18-22,56,59-63H,23-31H2,1-4H3,(H,64,65). The van der Waals surface area contributed by atoms with E-state index in [-0.39, 0.29) is 57.8 Å². The summed E-state index contributed by atoms with van der Waals surface area (Å²) in [6, 6.07) is 24.2. The van der Waals surface area contributed by atoms with E-state index in [1.807, 2.05) is 50.2 Å². The number of hydrogen-bond acceptors (Lipinski definition) is 14. The molecular formula is C52H54Cl2N6O9. The van der Waals surface area contributed by atoms with Crippen LogP contribution in [0.25, 0.3) is 11.1 Å². The summed E-state index contributed by atoms with van der Waals surface area (Å²) in [5, 5.41) is 62.9. The molecule has 0 aliphatic heterocycles. The zero-order valence-electron chi connectivity index (χ0n) is 38.6. The van der Waals surface area contributed by atoms with E-state index in [0.717, 1.165) is 33.4 Å². The van der Waals surface area contributed by atoms with Gasteiger partial charge in [0.05, 0.1) is 41.0 Å². The molecule has 360 valence electrons. The van der Waals surface area contributed by atoms with Gasteiger partial charge < -0.3 is 50.1 Å². The van der Waals surface area contributed by atoms with Gasteiger partial charge in [0, 0.05) is 84.0 Å². The summed E-state index contributed by atoms with van der Waals surface area (Å²) in [6.07, 6.45) is 7.47. The number of aliphatic carboxylic acids is 1. The molecule has 0 amide bonds. The molecule has 0 saturated heterocycles. The molecule has 6 aromatic rings. The number of ether oxygens (including phenoxy) is 4. The first kappa shape index (κ1) is 51.8. The molecular weight excluding hydrogens is 924 g/mol. The first-order chi connectivity index (χ1) is 33.1. The largest absolute Gasteiger partial charge is 0.488 e. The Hall–Kier alpha value is -6.61. The van der Waals surface area contributed by atoms with Crippen molar-refractivity contribution in [2.45, 2.75) is 78.3 Å². The predicted octanol–water partition coefficient (Wildman–Crippen LogP) is 8.01. The van der Waals surface area contributed by atoms with Gasteiger partial charge in [-0.3, -0.25) is 20.1 Å². The van der Waals surface area contributed by atoms with Crippen LogP contribution in [0.4, 0.5) is 0 Å². The molecule has 15 nitrogen and oxygen atoms in total. The first-order valence-corrected chi connectivity index (χ1v) is 22.6. The van der Waals surface area contributed by atoms with E-state index >= 15 is 0 Å². The number of aliphatic hydroxyl groups is 3. The lowest BCUT2D eigenvalue weighted by Gasteiger charge is -2.27. The maximum absolute atomic E-state index is 11.9. The topological polar surface area (TPSA) is 232 Å². The lowest BCUT2D eigenvalue weighted by Crippen LogP contribution is -2.52. The highest BCUT2D eigenvalue weighted by atomic mass is 35.5. The molecule has 69 heavy (non-hydrogen) atoms. The number of halogens is 2. The van der Waals surface area contributed by atoms with Crippen molar-refractivity contribution in [1.29, 1.82) is 10.7 Å². The van der Waals surface area contributed by atoms with Crippen LogP contribution in [0.2, 0.25) is 10.0 Å². The van der Waals surface area contributed by atoms with Crippen molar-refractivity contribution in [2.75, 3.05) is 19.8 Å². The van der Waals surface area contributed by atoms with Gasteiger partial charge in [-0.15, -0.1) is 0 Å². The van der Waals surface area contributed by atoms with Crippen LogP contribution in [-0.2, 0) is 44.3 Å². The summed E-state index contributed by atoms with van der Waals surface area (Å²) in [6.45, 7) is 6.62. The van der Waals surface area contributed by atoms with Crippen LogP contribution in [0, 0.1) is 30.6 Å². The fourth-order valence-corrected chi connectivity index (χ4v) is 7.55. The molecule has 0 aliphatic carbocycles. The minimum absolute atomic E-state index is 0.00483. The fourth-order valence-electron chi connectivity index (χ4n) is 7.07. The summed E-state index contributed by atoms with van der Waals surface area (Å²) in [4.78, 5) is 20.2. The van der Waals surface area contributed by atoms with E-state index in [1.54, 1.807) is 61.9 Å². The number of carbonyl (C=O) groups is 1. The molecule has 0 spiro atoms. The molecule has 0 radical (unpaired) electrons. The molecule has 2 aromatic heterocycles. The van der Waals surface area contributed by atoms with Gasteiger partial charge in [0.25, 0.3) is 0 Å². The van der Waals surface area contributed by atoms with Crippen molar-refractivity contribution in [3.63, 3.8) is 0 Å². The third-order valence-corrected chi connectivity index (χ3v) is 12.3. The van der Waals surface area contributed by atoms with Crippen LogP contribution in [0.3, 0.4) is 0 Å². The van der Waals surface area contributed by atoms with Crippen LogP contribution in [0.5, 0.6) is 23.0 Å². The third-order valence-electron chi connectivity index (χ3n) is 11.7. The summed E-state index contributed by atoms with van der Waals surface area (Å²) in [5.41, 5.74) is 6.76. The Morgan fingerprint density at radius 1 is 0.681 bits per heavy atom. The van der Waals surface area contributed by atoms with Crippen LogP contribution >= 0.6 is 23.2 Å². The Kier molecular flexibility index (Phi) is 17.7. The molecule has 7 N–H and O–H groups in total. The third kappa shape index (κ3) is 13.1. The number of nitrogens with zero attached hydrogens (tertiary/aromatic N) is 3. The van der Waals surface area contributed by atoms with Gasteiger partial charge in [-0.25, -0.2) is 0 Å². The highest BCUT2D eigenvalue weighted by molar-refractivity contribution is 6.32. The summed E-state index contributed by atoms with van der Waals surface area (Å²) < 4.78 is 25.2. The Labute approximate surface area is 410 Å². The number of aromatic nitrogens is 2. The maximum atomic E-state index is 11.9. The van der Waals surface area contributed by atoms with Crippen LogP contribution in [-0.4, -0.2) is 73.5 Å². The van der Waals surface area contributed by atoms with E-state index in [2.05, 4.69) is 26.7 Å². The second-order valence-corrected chi connectivity index (χ2v) is 17.8. The fraction of sp³-hybridized carbons (Fsp3) is 0.288. The number of benzene rings is 4. The molecule has 0 bridgehead atoms. The Balaban J connectivity index is 1.21. The van der Waals surface area contributed by atoms with Crippen LogP contribution in [0.15, 0.2) is 97.6 Å². The van der Waals surface area contributed by atoms with Crippen molar-refractivity contribution in [2.24, 2.45) is 0 Å². The van der Waals surface area contributed by atoms with Gasteiger partial charge in [-0.1, -0.05) is 59.6 Å². The Morgan fingerprint density at radius 2 is 1.17 bits per heavy atom. The second-order valence-electron chi connectivity index (χ2n) is 17.0. The highest BCUT2D eigenvalue weighted by Gasteiger charge is 2.32. The molecule has 0 aliphatic rings. The lowest BCUT2D eigenvalue weighted by atomic mass is 9.92. The van der Waals surface area contributed by atoms with Gasteiger partial charge in [0.15, 0.2) is 0 Å². The average molecular weight is 978 g/mol. The predicted molar refractivity (Wildman–Crippen MR) is 262 cm³/mol. The molecule has 2 heterocycles. The SMILES string of the molecule is Cc1c(COc2cc(OCc3cncc(C#N)c3)c(CNC(C)(CO)CO)cc2Cl)cccc1-c1cccc(COc2cc(OCc3cncc(C=N)c3)c(CNC(C)(CO)C(=O)O)cc2Cl)c1C. The zero-order chi connectivity index (χ0) is 49.7. The molecule has 4 aromatic carbocycles. The van der Waals surface area contributed by atoms with E-state index in [1.165, 1.54) is 19.3 Å². The quantitative estimate of drug-likeness (QED) is 0.0285. The average Bonchev–Trinajstić information content (AvgIpc) is 3.36. The highest BCUT2D eigenvalue weighted by Crippen LogP contribution is 2.38. The van der Waals surface area contributed by atoms with Gasteiger partial charge in [-0.05, 0) is 85.3 Å². The molecule has 1 atom stereocenters. The van der Waals surface area contributed by atoms with Crippen LogP contribution in [0.1, 0.15) is 69.5 Å². The summed E-state index contributed by atoms with van der Waals surface area (Å²) in [7, 11) is 0. The summed E-state index contributed by atoms with van der Waals surface area (Å²) >= 11 is 13.6. The molecule has 6 rings (SSSR count). The van der Waals surface area contributed by atoms with Crippen molar-refractivity contribution < 1.29 is 44.2 Å². The number of carboxylic acid groups (broad SMARTS) is 1. The minimum Gasteiger partial charge on any atom is -0.488 e. The molecule has 0 saturated carbocycles. The van der Waals surface area contributed by atoms with E-state index in [9.17, 15) is 30.5 Å². The maximum Gasteiger partial charge on any atom is 0.326 e. The number of rotatable bonds is 24. The number of pyridine rings is 2. The first-order valence-electron chi connectivity index (χ1n) is 21.8. The van der Waals surface area contributed by atoms with Crippen molar-refractivity contribution in [3.05, 3.63) is 163 Å². The van der Waals surface area contributed by atoms with Crippen molar-refractivity contribution >= 4 is 35.4 Å². The van der Waals surface area contributed by atoms with Gasteiger partial charge in [0.1, 0.15) is 61.0 Å². The van der Waals surface area contributed by atoms with Crippen molar-refractivity contribution in [3.8, 4) is 40.2 Å². The number of carboxylic acids is 1. The van der Waals surface area contributed by atoms with E-state index < -0.39 is 23.7 Å². The van der Waals surface area contributed by atoms with E-state index in [4.69, 9.17) is 47.6 Å². The zero-order valence-corrected chi connectivity index (χ0v) is 40.1. The molecule has 1 unspecified atom stereocenters. The number of aliphatic hydroxyl groups excluding tert-OH is 3. The lowest BCUT2D eigenvalue weighted by molar-refractivity contribution is -0.145. The van der Waals surface area contributed by atoms with Gasteiger partial charge in [0.2, 0.25) is 0 Å². The molecule has 0 fully saturated rings.